The normalized spacial score (nSPS) is 14.3. The maximum Gasteiger partial charge on any atom is 0.324 e. The molecule has 27 heavy (non-hydrogen) atoms. The minimum absolute atomic E-state index is 0.147. The summed E-state index contributed by atoms with van der Waals surface area (Å²) in [6.07, 6.45) is 0.404. The largest absolute Gasteiger partial charge is 0.480 e. The van der Waals surface area contributed by atoms with Gasteiger partial charge in [-0.1, -0.05) is 26.0 Å². The third kappa shape index (κ3) is 4.02. The average Bonchev–Trinajstić information content (AvgIpc) is 3.17. The van der Waals surface area contributed by atoms with E-state index in [9.17, 15) is 14.4 Å². The Balaban J connectivity index is 1.75. The standard InChI is InChI=1S/C18H23N5O4/c1-11(2)9-13(16(26)19-10-15(24)25)21-18(27)23-8-7-22-14-6-4-3-5-12(14)20-17(22)23/h3-6,11,13H,7-10H2,1-2H3,(H,19,26)(H,21,27)(H,24,25)/t13-/m0/s1. The first-order chi connectivity index (χ1) is 12.9. The molecule has 3 N–H and O–H groups in total. The van der Waals surface area contributed by atoms with Gasteiger partial charge in [-0.3, -0.25) is 14.5 Å². The van der Waals surface area contributed by atoms with Gasteiger partial charge >= 0.3 is 12.0 Å². The van der Waals surface area contributed by atoms with Gasteiger partial charge in [-0.2, -0.15) is 0 Å². The van der Waals surface area contributed by atoms with Crippen LogP contribution in [0.5, 0.6) is 0 Å². The van der Waals surface area contributed by atoms with Crippen molar-refractivity contribution in [3.05, 3.63) is 24.3 Å². The number of carbonyl (C=O) groups excluding carboxylic acids is 2. The highest BCUT2D eigenvalue weighted by molar-refractivity contribution is 5.97. The summed E-state index contributed by atoms with van der Waals surface area (Å²) >= 11 is 0. The van der Waals surface area contributed by atoms with Crippen LogP contribution in [0.25, 0.3) is 11.0 Å². The third-order valence-corrected chi connectivity index (χ3v) is 4.40. The van der Waals surface area contributed by atoms with Crippen LogP contribution >= 0.6 is 0 Å². The van der Waals surface area contributed by atoms with Crippen LogP contribution in [0.3, 0.4) is 0 Å². The zero-order chi connectivity index (χ0) is 19.6. The fourth-order valence-electron chi connectivity index (χ4n) is 3.20. The Morgan fingerprint density at radius 1 is 1.22 bits per heavy atom. The lowest BCUT2D eigenvalue weighted by molar-refractivity contribution is -0.138. The Morgan fingerprint density at radius 2 is 1.96 bits per heavy atom. The summed E-state index contributed by atoms with van der Waals surface area (Å²) in [4.78, 5) is 41.8. The molecule has 1 atom stereocenters. The van der Waals surface area contributed by atoms with E-state index >= 15 is 0 Å². The number of urea groups is 1. The lowest BCUT2D eigenvalue weighted by Crippen LogP contribution is -2.52. The van der Waals surface area contributed by atoms with Gasteiger partial charge in [-0.15, -0.1) is 0 Å². The first-order valence-corrected chi connectivity index (χ1v) is 8.89. The number of benzene rings is 1. The topological polar surface area (TPSA) is 117 Å². The minimum atomic E-state index is -1.13. The molecule has 9 heteroatoms. The van der Waals surface area contributed by atoms with Crippen LogP contribution in [0.1, 0.15) is 20.3 Å². The number of hydrogen-bond acceptors (Lipinski definition) is 4. The van der Waals surface area contributed by atoms with Crippen LogP contribution in [-0.2, 0) is 16.1 Å². The Morgan fingerprint density at radius 3 is 2.67 bits per heavy atom. The van der Waals surface area contributed by atoms with Crippen molar-refractivity contribution in [2.24, 2.45) is 5.92 Å². The highest BCUT2D eigenvalue weighted by atomic mass is 16.4. The SMILES string of the molecule is CC(C)C[C@H](NC(=O)N1CCn2c1nc1ccccc12)C(=O)NCC(=O)O. The Kier molecular flexibility index (Phi) is 5.29. The molecule has 3 rings (SSSR count). The molecule has 0 aliphatic carbocycles. The third-order valence-electron chi connectivity index (χ3n) is 4.40. The van der Waals surface area contributed by atoms with Crippen molar-refractivity contribution in [3.8, 4) is 0 Å². The molecule has 0 unspecified atom stereocenters. The molecular weight excluding hydrogens is 350 g/mol. The molecule has 0 saturated carbocycles. The molecule has 1 aromatic carbocycles. The molecule has 0 fully saturated rings. The van der Waals surface area contributed by atoms with Crippen molar-refractivity contribution in [1.29, 1.82) is 0 Å². The van der Waals surface area contributed by atoms with Crippen molar-refractivity contribution in [3.63, 3.8) is 0 Å². The van der Waals surface area contributed by atoms with Crippen molar-refractivity contribution in [2.45, 2.75) is 32.9 Å². The van der Waals surface area contributed by atoms with Crippen molar-refractivity contribution in [2.75, 3.05) is 18.0 Å². The van der Waals surface area contributed by atoms with Gasteiger partial charge in [0.15, 0.2) is 0 Å². The second kappa shape index (κ2) is 7.65. The average molecular weight is 373 g/mol. The molecule has 1 aliphatic heterocycles. The molecular formula is C18H23N5O4. The number of carboxylic acid groups (broad SMARTS) is 1. The second-order valence-corrected chi connectivity index (χ2v) is 6.95. The number of amides is 3. The lowest BCUT2D eigenvalue weighted by Gasteiger charge is -2.23. The Labute approximate surface area is 156 Å². The molecule has 0 saturated heterocycles. The zero-order valence-corrected chi connectivity index (χ0v) is 15.3. The number of nitrogens with zero attached hydrogens (tertiary/aromatic N) is 3. The number of nitrogens with one attached hydrogen (secondary N) is 2. The summed E-state index contributed by atoms with van der Waals surface area (Å²) < 4.78 is 1.97. The number of imidazole rings is 1. The molecule has 0 radical (unpaired) electrons. The van der Waals surface area contributed by atoms with Gasteiger partial charge in [0.25, 0.3) is 0 Å². The summed E-state index contributed by atoms with van der Waals surface area (Å²) in [5.74, 6) is -0.949. The highest BCUT2D eigenvalue weighted by Gasteiger charge is 2.31. The van der Waals surface area contributed by atoms with Crippen LogP contribution in [0.4, 0.5) is 10.7 Å². The van der Waals surface area contributed by atoms with E-state index in [0.29, 0.717) is 25.5 Å². The van der Waals surface area contributed by atoms with Crippen LogP contribution in [-0.4, -0.2) is 51.7 Å². The molecule has 1 aromatic heterocycles. The summed E-state index contributed by atoms with van der Waals surface area (Å²) in [5.41, 5.74) is 1.77. The maximum absolute atomic E-state index is 12.8. The first-order valence-electron chi connectivity index (χ1n) is 8.89. The Bertz CT molecular complexity index is 876. The van der Waals surface area contributed by atoms with Gasteiger partial charge < -0.3 is 20.3 Å². The van der Waals surface area contributed by atoms with E-state index < -0.39 is 30.5 Å². The van der Waals surface area contributed by atoms with E-state index in [1.807, 2.05) is 42.7 Å². The van der Waals surface area contributed by atoms with Crippen molar-refractivity contribution >= 4 is 34.9 Å². The number of aliphatic carboxylic acids is 1. The number of para-hydroxylation sites is 2. The van der Waals surface area contributed by atoms with Crippen molar-refractivity contribution in [1.82, 2.24) is 20.2 Å². The molecule has 0 bridgehead atoms. The lowest BCUT2D eigenvalue weighted by atomic mass is 10.0. The molecule has 9 nitrogen and oxygen atoms in total. The van der Waals surface area contributed by atoms with E-state index in [1.54, 1.807) is 0 Å². The predicted octanol–water partition coefficient (Wildman–Crippen LogP) is 1.18. The van der Waals surface area contributed by atoms with E-state index in [1.165, 1.54) is 4.90 Å². The number of anilines is 1. The molecule has 2 aromatic rings. The van der Waals surface area contributed by atoms with Crippen LogP contribution in [0, 0.1) is 5.92 Å². The second-order valence-electron chi connectivity index (χ2n) is 6.95. The van der Waals surface area contributed by atoms with Crippen LogP contribution in [0.15, 0.2) is 24.3 Å². The quantitative estimate of drug-likeness (QED) is 0.703. The summed E-state index contributed by atoms with van der Waals surface area (Å²) in [6, 6.07) is 6.42. The fraction of sp³-hybridized carbons (Fsp3) is 0.444. The van der Waals surface area contributed by atoms with E-state index in [0.717, 1.165) is 11.0 Å². The van der Waals surface area contributed by atoms with Crippen molar-refractivity contribution < 1.29 is 19.5 Å². The van der Waals surface area contributed by atoms with Gasteiger partial charge in [-0.05, 0) is 24.5 Å². The molecule has 2 heterocycles. The number of rotatable bonds is 6. The van der Waals surface area contributed by atoms with Gasteiger partial charge in [-0.25, -0.2) is 9.78 Å². The number of carbonyl (C=O) groups is 3. The van der Waals surface area contributed by atoms with E-state index in [2.05, 4.69) is 15.6 Å². The van der Waals surface area contributed by atoms with Gasteiger partial charge in [0, 0.05) is 13.1 Å². The number of aromatic nitrogens is 2. The molecule has 144 valence electrons. The number of fused-ring (bicyclic) bond motifs is 3. The van der Waals surface area contributed by atoms with Gasteiger partial charge in [0.1, 0.15) is 12.6 Å². The number of carboxylic acids is 1. The predicted molar refractivity (Wildman–Crippen MR) is 99.5 cm³/mol. The molecule has 1 aliphatic rings. The number of hydrogen-bond donors (Lipinski definition) is 3. The fourth-order valence-corrected chi connectivity index (χ4v) is 3.20. The van der Waals surface area contributed by atoms with Gasteiger partial charge in [0.2, 0.25) is 11.9 Å². The summed E-state index contributed by atoms with van der Waals surface area (Å²) in [5, 5.41) is 13.8. The highest BCUT2D eigenvalue weighted by Crippen LogP contribution is 2.27. The van der Waals surface area contributed by atoms with Crippen LogP contribution in [0.2, 0.25) is 0 Å². The molecule has 0 spiro atoms. The minimum Gasteiger partial charge on any atom is -0.480 e. The smallest absolute Gasteiger partial charge is 0.324 e. The van der Waals surface area contributed by atoms with E-state index in [-0.39, 0.29) is 5.92 Å². The van der Waals surface area contributed by atoms with Gasteiger partial charge in [0.05, 0.1) is 11.0 Å². The zero-order valence-electron chi connectivity index (χ0n) is 15.3. The monoisotopic (exact) mass is 373 g/mol. The Hall–Kier alpha value is -3.10. The van der Waals surface area contributed by atoms with E-state index in [4.69, 9.17) is 5.11 Å². The first kappa shape index (κ1) is 18.7. The maximum atomic E-state index is 12.8. The van der Waals surface area contributed by atoms with Crippen LogP contribution < -0.4 is 15.5 Å². The summed E-state index contributed by atoms with van der Waals surface area (Å²) in [6.45, 7) is 4.47. The molecule has 3 amide bonds. The summed E-state index contributed by atoms with van der Waals surface area (Å²) in [7, 11) is 0.